The molecule has 0 fully saturated rings. The van der Waals surface area contributed by atoms with Crippen molar-refractivity contribution in [1.82, 2.24) is 4.98 Å². The molecule has 0 bridgehead atoms. The largest absolute Gasteiger partial charge is 0.504 e. The van der Waals surface area contributed by atoms with Gasteiger partial charge in [-0.05, 0) is 24.3 Å². The molecule has 3 nitrogen and oxygen atoms in total. The van der Waals surface area contributed by atoms with E-state index in [4.69, 9.17) is 0 Å². The van der Waals surface area contributed by atoms with Crippen molar-refractivity contribution in [3.8, 4) is 5.75 Å². The molecule has 2 rings (SSSR count). The maximum atomic E-state index is 9.45. The summed E-state index contributed by atoms with van der Waals surface area (Å²) in [6.45, 7) is 0. The number of rotatable bonds is 2. The van der Waals surface area contributed by atoms with Gasteiger partial charge in [0.2, 0.25) is 0 Å². The van der Waals surface area contributed by atoms with Gasteiger partial charge in [0.1, 0.15) is 0 Å². The summed E-state index contributed by atoms with van der Waals surface area (Å²) in [6.07, 6.45) is 1.63. The normalized spacial score (nSPS) is 9.71. The van der Waals surface area contributed by atoms with Gasteiger partial charge >= 0.3 is 0 Å². The van der Waals surface area contributed by atoms with E-state index in [1.807, 2.05) is 30.3 Å². The molecule has 0 aliphatic carbocycles. The van der Waals surface area contributed by atoms with Crippen LogP contribution in [0.4, 0.5) is 11.5 Å². The van der Waals surface area contributed by atoms with Crippen molar-refractivity contribution in [2.75, 3.05) is 5.32 Å². The Labute approximate surface area is 82.1 Å². The second-order valence-electron chi connectivity index (χ2n) is 2.86. The first-order valence-corrected chi connectivity index (χ1v) is 4.32. The number of aromatic nitrogens is 1. The summed E-state index contributed by atoms with van der Waals surface area (Å²) < 4.78 is 0. The first kappa shape index (κ1) is 8.56. The Morgan fingerprint density at radius 3 is 2.50 bits per heavy atom. The van der Waals surface area contributed by atoms with Crippen LogP contribution in [-0.4, -0.2) is 10.1 Å². The summed E-state index contributed by atoms with van der Waals surface area (Å²) in [7, 11) is 0. The fourth-order valence-corrected chi connectivity index (χ4v) is 1.15. The Bertz CT molecular complexity index is 415. The molecule has 1 aromatic heterocycles. The van der Waals surface area contributed by atoms with Crippen molar-refractivity contribution < 1.29 is 5.11 Å². The van der Waals surface area contributed by atoms with Crippen molar-refractivity contribution in [3.63, 3.8) is 0 Å². The number of hydrogen-bond acceptors (Lipinski definition) is 3. The van der Waals surface area contributed by atoms with E-state index in [1.165, 1.54) is 0 Å². The summed E-state index contributed by atoms with van der Waals surface area (Å²) in [5, 5.41) is 12.5. The Morgan fingerprint density at radius 1 is 1.00 bits per heavy atom. The number of anilines is 2. The number of benzene rings is 1. The molecular formula is C11H10N2O. The lowest BCUT2D eigenvalue weighted by Gasteiger charge is -2.05. The highest BCUT2D eigenvalue weighted by atomic mass is 16.3. The minimum absolute atomic E-state index is 0.149. The molecule has 0 spiro atoms. The molecule has 14 heavy (non-hydrogen) atoms. The summed E-state index contributed by atoms with van der Waals surface area (Å²) in [4.78, 5) is 4.01. The molecule has 0 unspecified atom stereocenters. The van der Waals surface area contributed by atoms with Gasteiger partial charge in [-0.25, -0.2) is 4.98 Å². The van der Waals surface area contributed by atoms with Gasteiger partial charge < -0.3 is 10.4 Å². The fraction of sp³-hybridized carbons (Fsp3) is 0. The highest BCUT2D eigenvalue weighted by Crippen LogP contribution is 2.22. The third kappa shape index (κ3) is 1.82. The van der Waals surface area contributed by atoms with Crippen molar-refractivity contribution >= 4 is 11.5 Å². The fourth-order valence-electron chi connectivity index (χ4n) is 1.15. The van der Waals surface area contributed by atoms with Crippen LogP contribution in [0.1, 0.15) is 0 Å². The molecular weight excluding hydrogens is 176 g/mol. The molecule has 0 atom stereocenters. The SMILES string of the molecule is Oc1cccnc1Nc1ccccc1. The second-order valence-corrected chi connectivity index (χ2v) is 2.86. The molecule has 0 saturated carbocycles. The van der Waals surface area contributed by atoms with Crippen LogP contribution in [0.25, 0.3) is 0 Å². The van der Waals surface area contributed by atoms with Crippen molar-refractivity contribution in [2.45, 2.75) is 0 Å². The lowest BCUT2D eigenvalue weighted by Crippen LogP contribution is -1.92. The first-order chi connectivity index (χ1) is 6.86. The van der Waals surface area contributed by atoms with E-state index in [-0.39, 0.29) is 5.75 Å². The summed E-state index contributed by atoms with van der Waals surface area (Å²) in [6, 6.07) is 12.9. The molecule has 0 radical (unpaired) electrons. The second kappa shape index (κ2) is 3.79. The molecule has 0 amide bonds. The molecule has 3 heteroatoms. The van der Waals surface area contributed by atoms with E-state index in [1.54, 1.807) is 18.3 Å². The number of aromatic hydroxyl groups is 1. The van der Waals surface area contributed by atoms with Crippen LogP contribution in [0, 0.1) is 0 Å². The van der Waals surface area contributed by atoms with Crippen molar-refractivity contribution in [2.24, 2.45) is 0 Å². The predicted octanol–water partition coefficient (Wildman–Crippen LogP) is 2.53. The average Bonchev–Trinajstić information content (AvgIpc) is 2.23. The zero-order chi connectivity index (χ0) is 9.80. The van der Waals surface area contributed by atoms with Crippen LogP contribution in [0.3, 0.4) is 0 Å². The monoisotopic (exact) mass is 186 g/mol. The third-order valence-electron chi connectivity index (χ3n) is 1.82. The Balaban J connectivity index is 2.24. The molecule has 0 aliphatic heterocycles. The summed E-state index contributed by atoms with van der Waals surface area (Å²) in [5.41, 5.74) is 0.904. The van der Waals surface area contributed by atoms with E-state index in [0.29, 0.717) is 5.82 Å². The van der Waals surface area contributed by atoms with Gasteiger partial charge in [-0.2, -0.15) is 0 Å². The van der Waals surface area contributed by atoms with Crippen molar-refractivity contribution in [3.05, 3.63) is 48.7 Å². The maximum Gasteiger partial charge on any atom is 0.172 e. The van der Waals surface area contributed by atoms with Gasteiger partial charge in [0.25, 0.3) is 0 Å². The van der Waals surface area contributed by atoms with Crippen molar-refractivity contribution in [1.29, 1.82) is 0 Å². The number of hydrogen-bond donors (Lipinski definition) is 2. The third-order valence-corrected chi connectivity index (χ3v) is 1.82. The average molecular weight is 186 g/mol. The lowest BCUT2D eigenvalue weighted by molar-refractivity contribution is 0.475. The Morgan fingerprint density at radius 2 is 1.79 bits per heavy atom. The molecule has 0 saturated heterocycles. The lowest BCUT2D eigenvalue weighted by atomic mass is 10.3. The molecule has 2 aromatic rings. The van der Waals surface area contributed by atoms with Gasteiger partial charge in [0.05, 0.1) is 0 Å². The van der Waals surface area contributed by atoms with E-state index >= 15 is 0 Å². The summed E-state index contributed by atoms with van der Waals surface area (Å²) in [5.74, 6) is 0.620. The minimum atomic E-state index is 0.149. The molecule has 1 aromatic carbocycles. The Kier molecular flexibility index (Phi) is 2.32. The van der Waals surface area contributed by atoms with Gasteiger partial charge in [-0.15, -0.1) is 0 Å². The smallest absolute Gasteiger partial charge is 0.172 e. The number of nitrogens with one attached hydrogen (secondary N) is 1. The van der Waals surface area contributed by atoms with Gasteiger partial charge in [0, 0.05) is 11.9 Å². The molecule has 2 N–H and O–H groups in total. The number of pyridine rings is 1. The van der Waals surface area contributed by atoms with E-state index in [9.17, 15) is 5.11 Å². The highest BCUT2D eigenvalue weighted by Gasteiger charge is 1.99. The van der Waals surface area contributed by atoms with Crippen LogP contribution in [0.2, 0.25) is 0 Å². The Hall–Kier alpha value is -2.03. The first-order valence-electron chi connectivity index (χ1n) is 4.32. The number of nitrogens with zero attached hydrogens (tertiary/aromatic N) is 1. The van der Waals surface area contributed by atoms with Gasteiger partial charge in [0.15, 0.2) is 11.6 Å². The van der Waals surface area contributed by atoms with Crippen LogP contribution in [0.15, 0.2) is 48.7 Å². The molecule has 0 aliphatic rings. The summed E-state index contributed by atoms with van der Waals surface area (Å²) >= 11 is 0. The standard InChI is InChI=1S/C11H10N2O/c14-10-7-4-8-12-11(10)13-9-5-2-1-3-6-9/h1-8,14H,(H,12,13). The van der Waals surface area contributed by atoms with Crippen LogP contribution in [0.5, 0.6) is 5.75 Å². The topological polar surface area (TPSA) is 45.2 Å². The highest BCUT2D eigenvalue weighted by molar-refractivity contribution is 5.61. The zero-order valence-electron chi connectivity index (χ0n) is 7.51. The van der Waals surface area contributed by atoms with Gasteiger partial charge in [-0.3, -0.25) is 0 Å². The van der Waals surface area contributed by atoms with Crippen LogP contribution >= 0.6 is 0 Å². The predicted molar refractivity (Wildman–Crippen MR) is 55.6 cm³/mol. The molecule has 1 heterocycles. The number of para-hydroxylation sites is 1. The minimum Gasteiger partial charge on any atom is -0.504 e. The molecule has 70 valence electrons. The van der Waals surface area contributed by atoms with Crippen LogP contribution < -0.4 is 5.32 Å². The van der Waals surface area contributed by atoms with E-state index in [2.05, 4.69) is 10.3 Å². The zero-order valence-corrected chi connectivity index (χ0v) is 7.51. The van der Waals surface area contributed by atoms with E-state index in [0.717, 1.165) is 5.69 Å². The quantitative estimate of drug-likeness (QED) is 0.757. The van der Waals surface area contributed by atoms with E-state index < -0.39 is 0 Å². The van der Waals surface area contributed by atoms with Crippen LogP contribution in [-0.2, 0) is 0 Å². The van der Waals surface area contributed by atoms with Gasteiger partial charge in [-0.1, -0.05) is 18.2 Å². The maximum absolute atomic E-state index is 9.45.